The van der Waals surface area contributed by atoms with Crippen molar-refractivity contribution < 1.29 is 19.5 Å². The molecular formula is C40H58N8O4. The zero-order valence-electron chi connectivity index (χ0n) is 31.7. The number of nitrogens with zero attached hydrogens (tertiary/aromatic N) is 6. The third kappa shape index (κ3) is 7.88. The molecule has 1 aromatic carbocycles. The minimum absolute atomic E-state index is 0.0165. The van der Waals surface area contributed by atoms with Gasteiger partial charge in [-0.15, -0.1) is 0 Å². The second kappa shape index (κ2) is 14.9. The maximum Gasteiger partial charge on any atom is 0.407 e. The first-order chi connectivity index (χ1) is 24.9. The monoisotopic (exact) mass is 714 g/mol. The van der Waals surface area contributed by atoms with Gasteiger partial charge in [0.25, 0.3) is 5.91 Å². The van der Waals surface area contributed by atoms with Crippen molar-refractivity contribution >= 4 is 40.9 Å². The van der Waals surface area contributed by atoms with Crippen molar-refractivity contribution in [2.24, 2.45) is 11.3 Å². The van der Waals surface area contributed by atoms with Crippen LogP contribution >= 0.6 is 0 Å². The molecule has 4 fully saturated rings. The lowest BCUT2D eigenvalue weighted by molar-refractivity contribution is -0.119. The highest BCUT2D eigenvalue weighted by molar-refractivity contribution is 6.04. The number of carbonyl (C=O) groups excluding carboxylic acids is 2. The number of carboxylic acid groups (broad SMARTS) is 1. The fourth-order valence-electron chi connectivity index (χ4n) is 9.12. The van der Waals surface area contributed by atoms with Crippen molar-refractivity contribution in [1.82, 2.24) is 25.0 Å². The molecule has 2 aliphatic carbocycles. The van der Waals surface area contributed by atoms with Gasteiger partial charge in [0.2, 0.25) is 5.91 Å². The third-order valence-corrected chi connectivity index (χ3v) is 12.3. The Labute approximate surface area is 308 Å². The fraction of sp³-hybridized carbons (Fsp3) is 0.650. The number of likely N-dealkylation sites (tertiary alicyclic amines) is 1. The van der Waals surface area contributed by atoms with E-state index in [-0.39, 0.29) is 35.4 Å². The summed E-state index contributed by atoms with van der Waals surface area (Å²) in [6.45, 7) is 14.5. The molecule has 2 saturated carbocycles. The molecule has 3 atom stereocenters. The van der Waals surface area contributed by atoms with Crippen LogP contribution in [-0.4, -0.2) is 119 Å². The smallest absolute Gasteiger partial charge is 0.407 e. The van der Waals surface area contributed by atoms with Gasteiger partial charge in [0.05, 0.1) is 5.69 Å². The molecule has 2 unspecified atom stereocenters. The van der Waals surface area contributed by atoms with Gasteiger partial charge in [0.15, 0.2) is 5.82 Å². The number of benzene rings is 1. The fourth-order valence-corrected chi connectivity index (χ4v) is 9.12. The van der Waals surface area contributed by atoms with Crippen molar-refractivity contribution in [2.45, 2.75) is 109 Å². The van der Waals surface area contributed by atoms with Crippen LogP contribution in [0.4, 0.5) is 27.8 Å². The van der Waals surface area contributed by atoms with Crippen LogP contribution in [0.2, 0.25) is 0 Å². The minimum atomic E-state index is -0.905. The van der Waals surface area contributed by atoms with Gasteiger partial charge in [-0.3, -0.25) is 14.5 Å². The number of nitrogens with one attached hydrogen (secondary N) is 2. The Morgan fingerprint density at radius 1 is 0.923 bits per heavy atom. The summed E-state index contributed by atoms with van der Waals surface area (Å²) in [5.74, 6) is 2.19. The van der Waals surface area contributed by atoms with Gasteiger partial charge in [-0.25, -0.2) is 9.78 Å². The molecule has 2 aromatic rings. The molecule has 2 saturated heterocycles. The first-order valence-electron chi connectivity index (χ1n) is 19.6. The van der Waals surface area contributed by atoms with Gasteiger partial charge < -0.3 is 35.3 Å². The molecule has 3 amide bonds. The summed E-state index contributed by atoms with van der Waals surface area (Å²) in [4.78, 5) is 54.7. The molecule has 5 aliphatic rings. The Bertz CT molecular complexity index is 1630. The number of piperazine rings is 1. The summed E-state index contributed by atoms with van der Waals surface area (Å²) in [5, 5.41) is 16.7. The van der Waals surface area contributed by atoms with Crippen molar-refractivity contribution in [1.29, 1.82) is 0 Å². The molecule has 3 aliphatic heterocycles. The van der Waals surface area contributed by atoms with E-state index in [1.165, 1.54) is 45.6 Å². The van der Waals surface area contributed by atoms with E-state index in [1.54, 1.807) is 16.8 Å². The molecule has 12 heteroatoms. The molecule has 0 spiro atoms. The molecule has 3 N–H and O–H groups in total. The Morgan fingerprint density at radius 2 is 1.65 bits per heavy atom. The van der Waals surface area contributed by atoms with Crippen LogP contribution < -0.4 is 20.4 Å². The van der Waals surface area contributed by atoms with E-state index in [2.05, 4.69) is 46.1 Å². The summed E-state index contributed by atoms with van der Waals surface area (Å²) < 4.78 is 0. The van der Waals surface area contributed by atoms with Crippen LogP contribution in [0, 0.1) is 11.3 Å². The number of likely N-dealkylation sites (N-methyl/N-ethyl adjacent to an activating group) is 1. The summed E-state index contributed by atoms with van der Waals surface area (Å²) >= 11 is 0. The Morgan fingerprint density at radius 3 is 2.33 bits per heavy atom. The lowest BCUT2D eigenvalue weighted by Gasteiger charge is -2.50. The van der Waals surface area contributed by atoms with E-state index in [0.717, 1.165) is 43.0 Å². The van der Waals surface area contributed by atoms with Gasteiger partial charge in [0.1, 0.15) is 11.9 Å². The number of piperidine rings is 1. The van der Waals surface area contributed by atoms with E-state index in [0.29, 0.717) is 42.6 Å². The third-order valence-electron chi connectivity index (χ3n) is 12.3. The molecule has 282 valence electrons. The van der Waals surface area contributed by atoms with E-state index in [9.17, 15) is 19.5 Å². The maximum atomic E-state index is 13.5. The van der Waals surface area contributed by atoms with Crippen LogP contribution in [-0.2, 0) is 4.79 Å². The van der Waals surface area contributed by atoms with Crippen molar-refractivity contribution in [3.05, 3.63) is 42.0 Å². The number of carbonyl (C=O) groups is 3. The van der Waals surface area contributed by atoms with Crippen molar-refractivity contribution in [2.75, 3.05) is 61.4 Å². The predicted molar refractivity (Wildman–Crippen MR) is 205 cm³/mol. The van der Waals surface area contributed by atoms with E-state index in [1.807, 2.05) is 43.3 Å². The molecule has 4 heterocycles. The van der Waals surface area contributed by atoms with E-state index >= 15 is 0 Å². The molecule has 52 heavy (non-hydrogen) atoms. The molecular weight excluding hydrogens is 656 g/mol. The van der Waals surface area contributed by atoms with Crippen molar-refractivity contribution in [3.63, 3.8) is 0 Å². The van der Waals surface area contributed by atoms with Gasteiger partial charge in [0, 0.05) is 81.7 Å². The minimum Gasteiger partial charge on any atom is -0.465 e. The second-order valence-electron chi connectivity index (χ2n) is 17.0. The highest BCUT2D eigenvalue weighted by Gasteiger charge is 2.45. The lowest BCUT2D eigenvalue weighted by atomic mass is 9.78. The summed E-state index contributed by atoms with van der Waals surface area (Å²) in [6, 6.07) is 11.4. The number of hydrogen-bond donors (Lipinski definition) is 3. The highest BCUT2D eigenvalue weighted by Crippen LogP contribution is 2.41. The zero-order chi connectivity index (χ0) is 36.7. The SMILES string of the molecule is C[C@@H]1C(=O)N(C)c2ccc(Nc3cccc(C(=O)NC4CCC(N5CCN(CC6CC6)CC5)CC4)c3)nc2N1C1CCN(C(=O)O)C(C(C)(C)C)C1. The topological polar surface area (TPSA) is 125 Å². The molecule has 0 bridgehead atoms. The first kappa shape index (κ1) is 36.5. The van der Waals surface area contributed by atoms with Gasteiger partial charge in [-0.1, -0.05) is 26.8 Å². The Hall–Kier alpha value is -3.90. The largest absolute Gasteiger partial charge is 0.465 e. The lowest BCUT2D eigenvalue weighted by Crippen LogP contribution is -2.61. The number of aromatic nitrogens is 1. The molecule has 1 aromatic heterocycles. The van der Waals surface area contributed by atoms with Crippen LogP contribution in [0.1, 0.15) is 89.4 Å². The van der Waals surface area contributed by atoms with Crippen LogP contribution in [0.25, 0.3) is 0 Å². The second-order valence-corrected chi connectivity index (χ2v) is 17.0. The average Bonchev–Trinajstić information content (AvgIpc) is 3.95. The number of hydrogen-bond acceptors (Lipinski definition) is 8. The quantitative estimate of drug-likeness (QED) is 0.320. The van der Waals surface area contributed by atoms with Crippen LogP contribution in [0.15, 0.2) is 36.4 Å². The van der Waals surface area contributed by atoms with E-state index in [4.69, 9.17) is 4.98 Å². The number of pyridine rings is 1. The summed E-state index contributed by atoms with van der Waals surface area (Å²) in [7, 11) is 1.78. The zero-order valence-corrected chi connectivity index (χ0v) is 31.7. The molecule has 7 rings (SSSR count). The summed E-state index contributed by atoms with van der Waals surface area (Å²) in [5.41, 5.74) is 1.82. The Kier molecular flexibility index (Phi) is 10.4. The van der Waals surface area contributed by atoms with E-state index < -0.39 is 12.1 Å². The molecule has 12 nitrogen and oxygen atoms in total. The highest BCUT2D eigenvalue weighted by atomic mass is 16.4. The number of fused-ring (bicyclic) bond motifs is 1. The average molecular weight is 715 g/mol. The normalized spacial score (nSPS) is 27.7. The predicted octanol–water partition coefficient (Wildman–Crippen LogP) is 5.62. The number of amides is 3. The Balaban J connectivity index is 0.990. The summed E-state index contributed by atoms with van der Waals surface area (Å²) in [6.07, 6.45) is 7.41. The van der Waals surface area contributed by atoms with Gasteiger partial charge >= 0.3 is 6.09 Å². The van der Waals surface area contributed by atoms with Gasteiger partial charge in [-0.05, 0) is 100.0 Å². The van der Waals surface area contributed by atoms with Crippen LogP contribution in [0.5, 0.6) is 0 Å². The van der Waals surface area contributed by atoms with Gasteiger partial charge in [-0.2, -0.15) is 0 Å². The maximum absolute atomic E-state index is 13.5. The first-order valence-corrected chi connectivity index (χ1v) is 19.6. The molecule has 0 radical (unpaired) electrons. The number of rotatable bonds is 8. The van der Waals surface area contributed by atoms with Crippen molar-refractivity contribution in [3.8, 4) is 0 Å². The van der Waals surface area contributed by atoms with Crippen LogP contribution in [0.3, 0.4) is 0 Å². The standard InChI is InChI=1S/C40H58N8O4/c1-26-38(50)44(5)33-15-16-35(43-36(33)48(26)32-17-18-47(39(51)52)34(24-32)40(2,3)4)41-30-8-6-7-28(23-30)37(49)42-29-11-13-31(14-12-29)46-21-19-45(20-22-46)25-27-9-10-27/h6-8,15-16,23,26-27,29,31-32,34H,9-14,17-22,24-25H2,1-5H3,(H,41,43)(H,42,49)(H,51,52)/t26-,29?,31?,32?,34?/m1/s1. The number of anilines is 4.